The summed E-state index contributed by atoms with van der Waals surface area (Å²) in [6.07, 6.45) is 0.876. The van der Waals surface area contributed by atoms with Crippen molar-refractivity contribution < 1.29 is 9.13 Å². The van der Waals surface area contributed by atoms with E-state index in [0.717, 1.165) is 13.0 Å². The van der Waals surface area contributed by atoms with Crippen LogP contribution in [-0.2, 0) is 0 Å². The molecule has 1 aromatic rings. The van der Waals surface area contributed by atoms with Gasteiger partial charge in [-0.1, -0.05) is 19.1 Å². The number of aryl methyl sites for hydroxylation is 1. The highest BCUT2D eigenvalue weighted by Crippen LogP contribution is 2.19. The van der Waals surface area contributed by atoms with Crippen molar-refractivity contribution in [1.82, 2.24) is 5.32 Å². The Morgan fingerprint density at radius 2 is 2.19 bits per heavy atom. The molecule has 0 aliphatic rings. The van der Waals surface area contributed by atoms with E-state index in [1.54, 1.807) is 19.1 Å². The second kappa shape index (κ2) is 6.48. The number of nitrogens with one attached hydrogen (secondary N) is 1. The average Bonchev–Trinajstić information content (AvgIpc) is 2.25. The van der Waals surface area contributed by atoms with E-state index in [4.69, 9.17) is 4.74 Å². The molecule has 2 nitrogen and oxygen atoms in total. The zero-order valence-electron chi connectivity index (χ0n) is 10.2. The number of rotatable bonds is 6. The quantitative estimate of drug-likeness (QED) is 0.803. The van der Waals surface area contributed by atoms with E-state index in [1.165, 1.54) is 0 Å². The normalized spacial score (nSPS) is 12.5. The molecule has 16 heavy (non-hydrogen) atoms. The van der Waals surface area contributed by atoms with Crippen LogP contribution >= 0.6 is 0 Å². The number of hydrogen-bond donors (Lipinski definition) is 1. The molecule has 90 valence electrons. The van der Waals surface area contributed by atoms with Crippen molar-refractivity contribution in [3.63, 3.8) is 0 Å². The summed E-state index contributed by atoms with van der Waals surface area (Å²) in [5.74, 6) is 0.0994. The van der Waals surface area contributed by atoms with Crippen LogP contribution in [0.25, 0.3) is 0 Å². The van der Waals surface area contributed by atoms with E-state index in [-0.39, 0.29) is 5.82 Å². The average molecular weight is 225 g/mol. The number of ether oxygens (including phenoxy) is 1. The SMILES string of the molecule is CCNC(C)CCOc1cccc(C)c1F. The van der Waals surface area contributed by atoms with Crippen LogP contribution in [0.5, 0.6) is 5.75 Å². The molecule has 0 aromatic heterocycles. The molecule has 0 spiro atoms. The van der Waals surface area contributed by atoms with E-state index in [1.807, 2.05) is 6.07 Å². The van der Waals surface area contributed by atoms with Gasteiger partial charge in [-0.05, 0) is 38.4 Å². The molecule has 0 fully saturated rings. The minimum absolute atomic E-state index is 0.251. The van der Waals surface area contributed by atoms with Gasteiger partial charge in [-0.2, -0.15) is 0 Å². The molecule has 0 aliphatic heterocycles. The maximum Gasteiger partial charge on any atom is 0.167 e. The monoisotopic (exact) mass is 225 g/mol. The van der Waals surface area contributed by atoms with Crippen LogP contribution in [-0.4, -0.2) is 19.2 Å². The van der Waals surface area contributed by atoms with Crippen LogP contribution in [0.2, 0.25) is 0 Å². The fraction of sp³-hybridized carbons (Fsp3) is 0.538. The highest BCUT2D eigenvalue weighted by atomic mass is 19.1. The minimum Gasteiger partial charge on any atom is -0.490 e. The summed E-state index contributed by atoms with van der Waals surface area (Å²) >= 11 is 0. The van der Waals surface area contributed by atoms with Gasteiger partial charge < -0.3 is 10.1 Å². The van der Waals surface area contributed by atoms with Crippen LogP contribution in [0.15, 0.2) is 18.2 Å². The second-order valence-electron chi connectivity index (χ2n) is 3.98. The largest absolute Gasteiger partial charge is 0.490 e. The predicted molar refractivity (Wildman–Crippen MR) is 64.4 cm³/mol. The zero-order valence-corrected chi connectivity index (χ0v) is 10.2. The lowest BCUT2D eigenvalue weighted by Crippen LogP contribution is -2.27. The van der Waals surface area contributed by atoms with Crippen LogP contribution in [0.4, 0.5) is 4.39 Å². The Morgan fingerprint density at radius 3 is 2.88 bits per heavy atom. The third-order valence-corrected chi connectivity index (χ3v) is 2.52. The highest BCUT2D eigenvalue weighted by molar-refractivity contribution is 5.29. The first kappa shape index (κ1) is 13.0. The first-order chi connectivity index (χ1) is 7.65. The minimum atomic E-state index is -0.251. The molecule has 0 bridgehead atoms. The maximum absolute atomic E-state index is 13.5. The van der Waals surface area contributed by atoms with Crippen molar-refractivity contribution in [2.75, 3.05) is 13.2 Å². The lowest BCUT2D eigenvalue weighted by atomic mass is 10.2. The molecule has 0 aliphatic carbocycles. The van der Waals surface area contributed by atoms with Gasteiger partial charge in [0.05, 0.1) is 6.61 Å². The third-order valence-electron chi connectivity index (χ3n) is 2.52. The molecule has 0 amide bonds. The van der Waals surface area contributed by atoms with Gasteiger partial charge in [0.15, 0.2) is 11.6 Å². The molecule has 3 heteroatoms. The highest BCUT2D eigenvalue weighted by Gasteiger charge is 2.06. The molecule has 1 unspecified atom stereocenters. The Kier molecular flexibility index (Phi) is 5.26. The summed E-state index contributed by atoms with van der Waals surface area (Å²) < 4.78 is 19.0. The van der Waals surface area contributed by atoms with Gasteiger partial charge in [0.2, 0.25) is 0 Å². The number of halogens is 1. The molecule has 1 rings (SSSR count). The fourth-order valence-corrected chi connectivity index (χ4v) is 1.53. The standard InChI is InChI=1S/C13H20FNO/c1-4-15-11(3)8-9-16-12-7-5-6-10(2)13(12)14/h5-7,11,15H,4,8-9H2,1-3H3. The van der Waals surface area contributed by atoms with Crippen LogP contribution < -0.4 is 10.1 Å². The van der Waals surface area contributed by atoms with E-state index < -0.39 is 0 Å². The molecular weight excluding hydrogens is 205 g/mol. The fourth-order valence-electron chi connectivity index (χ4n) is 1.53. The van der Waals surface area contributed by atoms with Gasteiger partial charge in [-0.15, -0.1) is 0 Å². The lowest BCUT2D eigenvalue weighted by molar-refractivity contribution is 0.278. The summed E-state index contributed by atoms with van der Waals surface area (Å²) in [4.78, 5) is 0. The van der Waals surface area contributed by atoms with Gasteiger partial charge in [-0.3, -0.25) is 0 Å². The summed E-state index contributed by atoms with van der Waals surface area (Å²) in [5, 5.41) is 3.28. The Morgan fingerprint density at radius 1 is 1.44 bits per heavy atom. The van der Waals surface area contributed by atoms with Gasteiger partial charge in [0.1, 0.15) is 0 Å². The maximum atomic E-state index is 13.5. The third kappa shape index (κ3) is 3.81. The van der Waals surface area contributed by atoms with Gasteiger partial charge in [-0.25, -0.2) is 4.39 Å². The Bertz CT molecular complexity index is 328. The van der Waals surface area contributed by atoms with Crippen molar-refractivity contribution in [3.05, 3.63) is 29.6 Å². The molecule has 0 heterocycles. The Hall–Kier alpha value is -1.09. The van der Waals surface area contributed by atoms with E-state index >= 15 is 0 Å². The molecule has 1 N–H and O–H groups in total. The van der Waals surface area contributed by atoms with Crippen molar-refractivity contribution in [2.24, 2.45) is 0 Å². The van der Waals surface area contributed by atoms with Crippen molar-refractivity contribution >= 4 is 0 Å². The Balaban J connectivity index is 2.40. The number of benzene rings is 1. The van der Waals surface area contributed by atoms with Gasteiger partial charge in [0, 0.05) is 6.04 Å². The van der Waals surface area contributed by atoms with Crippen molar-refractivity contribution in [3.8, 4) is 5.75 Å². The van der Waals surface area contributed by atoms with E-state index in [0.29, 0.717) is 24.0 Å². The first-order valence-corrected chi connectivity index (χ1v) is 5.76. The molecule has 1 aromatic carbocycles. The Labute approximate surface area is 96.8 Å². The smallest absolute Gasteiger partial charge is 0.167 e. The lowest BCUT2D eigenvalue weighted by Gasteiger charge is -2.13. The summed E-state index contributed by atoms with van der Waals surface area (Å²) in [5.41, 5.74) is 0.622. The molecule has 0 saturated heterocycles. The van der Waals surface area contributed by atoms with Crippen molar-refractivity contribution in [2.45, 2.75) is 33.2 Å². The predicted octanol–water partition coefficient (Wildman–Crippen LogP) is 2.90. The van der Waals surface area contributed by atoms with E-state index in [2.05, 4.69) is 19.2 Å². The van der Waals surface area contributed by atoms with E-state index in [9.17, 15) is 4.39 Å². The second-order valence-corrected chi connectivity index (χ2v) is 3.98. The number of hydrogen-bond acceptors (Lipinski definition) is 2. The summed E-state index contributed by atoms with van der Waals surface area (Å²) in [6, 6.07) is 5.61. The first-order valence-electron chi connectivity index (χ1n) is 5.76. The zero-order chi connectivity index (χ0) is 12.0. The van der Waals surface area contributed by atoms with Crippen LogP contribution in [0.3, 0.4) is 0 Å². The van der Waals surface area contributed by atoms with Gasteiger partial charge in [0.25, 0.3) is 0 Å². The molecule has 1 atom stereocenters. The summed E-state index contributed by atoms with van der Waals surface area (Å²) in [6.45, 7) is 7.38. The topological polar surface area (TPSA) is 21.3 Å². The van der Waals surface area contributed by atoms with Crippen LogP contribution in [0.1, 0.15) is 25.8 Å². The summed E-state index contributed by atoms with van der Waals surface area (Å²) in [7, 11) is 0. The van der Waals surface area contributed by atoms with Crippen LogP contribution in [0, 0.1) is 12.7 Å². The van der Waals surface area contributed by atoms with Gasteiger partial charge >= 0.3 is 0 Å². The molecular formula is C13H20FNO. The van der Waals surface area contributed by atoms with Crippen molar-refractivity contribution in [1.29, 1.82) is 0 Å². The molecule has 0 saturated carbocycles. The molecule has 0 radical (unpaired) electrons.